The van der Waals surface area contributed by atoms with E-state index in [0.717, 1.165) is 24.4 Å². The Bertz CT molecular complexity index is 518. The number of imidazole rings is 1. The predicted molar refractivity (Wildman–Crippen MR) is 73.5 cm³/mol. The first-order chi connectivity index (χ1) is 8.61. The van der Waals surface area contributed by atoms with Crippen molar-refractivity contribution in [2.24, 2.45) is 11.8 Å². The molecule has 2 aromatic rings. The zero-order valence-corrected chi connectivity index (χ0v) is 11.1. The molecule has 2 aromatic heterocycles. The van der Waals surface area contributed by atoms with E-state index < -0.39 is 0 Å². The fourth-order valence-electron chi connectivity index (χ4n) is 1.80. The fourth-order valence-corrected chi connectivity index (χ4v) is 1.80. The number of nitrogen functional groups attached to an aromatic ring is 1. The predicted octanol–water partition coefficient (Wildman–Crippen LogP) is 1.50. The van der Waals surface area contributed by atoms with E-state index in [2.05, 4.69) is 34.1 Å². The van der Waals surface area contributed by atoms with Crippen LogP contribution in [0.1, 0.15) is 20.3 Å². The Morgan fingerprint density at radius 2 is 2.28 bits per heavy atom. The van der Waals surface area contributed by atoms with Crippen LogP contribution < -0.4 is 16.2 Å². The van der Waals surface area contributed by atoms with Crippen molar-refractivity contribution in [2.75, 3.05) is 23.9 Å². The molecule has 0 atom stereocenters. The maximum Gasteiger partial charge on any atom is 0.180 e. The van der Waals surface area contributed by atoms with Gasteiger partial charge in [0.15, 0.2) is 17.3 Å². The number of aromatic nitrogens is 3. The molecule has 6 nitrogen and oxygen atoms in total. The largest absolute Gasteiger partial charge is 0.357 e. The highest BCUT2D eigenvalue weighted by molar-refractivity contribution is 5.66. The molecule has 0 bridgehead atoms. The van der Waals surface area contributed by atoms with Gasteiger partial charge >= 0.3 is 0 Å². The van der Waals surface area contributed by atoms with Crippen LogP contribution in [-0.4, -0.2) is 28.0 Å². The zero-order chi connectivity index (χ0) is 13.1. The summed E-state index contributed by atoms with van der Waals surface area (Å²) < 4.78 is 1.92. The second-order valence-corrected chi connectivity index (χ2v) is 4.86. The maximum absolute atomic E-state index is 5.44. The van der Waals surface area contributed by atoms with Gasteiger partial charge in [0.05, 0.1) is 6.20 Å². The van der Waals surface area contributed by atoms with Crippen molar-refractivity contribution in [1.29, 1.82) is 0 Å². The lowest BCUT2D eigenvalue weighted by Gasteiger charge is -2.20. The minimum absolute atomic E-state index is 0.631. The third-order valence-electron chi connectivity index (χ3n) is 2.91. The first-order valence-electron chi connectivity index (χ1n) is 6.13. The monoisotopic (exact) mass is 248 g/mol. The summed E-state index contributed by atoms with van der Waals surface area (Å²) in [6.45, 7) is 5.37. The second-order valence-electron chi connectivity index (χ2n) is 4.86. The van der Waals surface area contributed by atoms with E-state index in [0.29, 0.717) is 11.7 Å². The quantitative estimate of drug-likeness (QED) is 0.619. The van der Waals surface area contributed by atoms with Gasteiger partial charge in [-0.25, -0.2) is 15.8 Å². The third-order valence-corrected chi connectivity index (χ3v) is 2.91. The molecule has 98 valence electrons. The van der Waals surface area contributed by atoms with Crippen molar-refractivity contribution >= 4 is 17.3 Å². The summed E-state index contributed by atoms with van der Waals surface area (Å²) in [4.78, 5) is 10.9. The molecule has 0 radical (unpaired) electrons. The minimum Gasteiger partial charge on any atom is -0.357 e. The molecule has 6 heteroatoms. The van der Waals surface area contributed by atoms with E-state index >= 15 is 0 Å². The van der Waals surface area contributed by atoms with Crippen LogP contribution in [0.25, 0.3) is 5.65 Å². The van der Waals surface area contributed by atoms with Gasteiger partial charge in [-0.05, 0) is 12.3 Å². The Hall–Kier alpha value is -1.82. The molecule has 0 aliphatic heterocycles. The van der Waals surface area contributed by atoms with Gasteiger partial charge in [-0.3, -0.25) is 0 Å². The zero-order valence-electron chi connectivity index (χ0n) is 11.1. The highest BCUT2D eigenvalue weighted by Crippen LogP contribution is 2.19. The summed E-state index contributed by atoms with van der Waals surface area (Å²) in [5.74, 6) is 7.58. The van der Waals surface area contributed by atoms with E-state index in [-0.39, 0.29) is 0 Å². The molecule has 0 aliphatic rings. The highest BCUT2D eigenvalue weighted by Gasteiger charge is 2.11. The average molecular weight is 248 g/mol. The highest BCUT2D eigenvalue weighted by atomic mass is 15.3. The van der Waals surface area contributed by atoms with Gasteiger partial charge in [0.2, 0.25) is 0 Å². The summed E-state index contributed by atoms with van der Waals surface area (Å²) in [5.41, 5.74) is 3.43. The molecule has 0 aromatic carbocycles. The summed E-state index contributed by atoms with van der Waals surface area (Å²) in [6.07, 6.45) is 6.59. The normalized spacial score (nSPS) is 11.2. The van der Waals surface area contributed by atoms with Gasteiger partial charge in [0.25, 0.3) is 0 Å². The van der Waals surface area contributed by atoms with Gasteiger partial charge in [0.1, 0.15) is 0 Å². The molecule has 0 saturated heterocycles. The van der Waals surface area contributed by atoms with Crippen LogP contribution in [0.4, 0.5) is 11.6 Å². The molecule has 0 saturated carbocycles. The first kappa shape index (κ1) is 12.6. The number of hydrogen-bond acceptors (Lipinski definition) is 5. The van der Waals surface area contributed by atoms with Crippen LogP contribution in [0.5, 0.6) is 0 Å². The summed E-state index contributed by atoms with van der Waals surface area (Å²) >= 11 is 0. The molecule has 2 rings (SSSR count). The number of nitrogens with zero attached hydrogens (tertiary/aromatic N) is 4. The van der Waals surface area contributed by atoms with E-state index in [1.165, 1.54) is 0 Å². The first-order valence-corrected chi connectivity index (χ1v) is 6.13. The lowest BCUT2D eigenvalue weighted by molar-refractivity contribution is 0.584. The molecule has 2 heterocycles. The lowest BCUT2D eigenvalue weighted by Crippen LogP contribution is -2.23. The van der Waals surface area contributed by atoms with E-state index in [9.17, 15) is 0 Å². The van der Waals surface area contributed by atoms with Gasteiger partial charge in [-0.15, -0.1) is 0 Å². The van der Waals surface area contributed by atoms with Crippen molar-refractivity contribution < 1.29 is 0 Å². The molecule has 0 amide bonds. The number of fused-ring (bicyclic) bond motifs is 1. The Morgan fingerprint density at radius 3 is 2.94 bits per heavy atom. The van der Waals surface area contributed by atoms with Crippen molar-refractivity contribution in [1.82, 2.24) is 14.4 Å². The van der Waals surface area contributed by atoms with Crippen molar-refractivity contribution in [3.8, 4) is 0 Å². The van der Waals surface area contributed by atoms with Crippen LogP contribution in [0.2, 0.25) is 0 Å². The van der Waals surface area contributed by atoms with Crippen molar-refractivity contribution in [3.63, 3.8) is 0 Å². The molecule has 0 aliphatic carbocycles. The molecule has 0 fully saturated rings. The molecular formula is C12H20N6. The number of hydrazine groups is 1. The molecular weight excluding hydrogens is 228 g/mol. The topological polar surface area (TPSA) is 71.5 Å². The number of hydrogen-bond donors (Lipinski definition) is 2. The smallest absolute Gasteiger partial charge is 0.180 e. The van der Waals surface area contributed by atoms with E-state index in [4.69, 9.17) is 5.84 Å². The second kappa shape index (κ2) is 5.22. The molecule has 3 N–H and O–H groups in total. The van der Waals surface area contributed by atoms with E-state index in [1.807, 2.05) is 23.8 Å². The molecule has 0 unspecified atom stereocenters. The van der Waals surface area contributed by atoms with Crippen molar-refractivity contribution in [2.45, 2.75) is 20.3 Å². The minimum atomic E-state index is 0.631. The molecule has 0 spiro atoms. The Morgan fingerprint density at radius 1 is 1.50 bits per heavy atom. The average Bonchev–Trinajstić information content (AvgIpc) is 2.82. The number of nitrogens with two attached hydrogens (primary N) is 1. The van der Waals surface area contributed by atoms with Gasteiger partial charge in [-0.1, -0.05) is 13.8 Å². The number of anilines is 2. The van der Waals surface area contributed by atoms with Crippen LogP contribution in [0.3, 0.4) is 0 Å². The van der Waals surface area contributed by atoms with Crippen molar-refractivity contribution in [3.05, 3.63) is 18.6 Å². The van der Waals surface area contributed by atoms with Crippen LogP contribution in [0, 0.1) is 5.92 Å². The van der Waals surface area contributed by atoms with Gasteiger partial charge < -0.3 is 14.7 Å². The standard InChI is InChI=1S/C12H20N6/c1-9(2)4-6-17(3)12-11-14-5-7-18(11)8-10(15-12)16-13/h5,7-9,16H,4,6,13H2,1-3H3. The van der Waals surface area contributed by atoms with Crippen LogP contribution >= 0.6 is 0 Å². The Kier molecular flexibility index (Phi) is 3.66. The third kappa shape index (κ3) is 2.53. The SMILES string of the molecule is CC(C)CCN(C)c1nc(NN)cn2ccnc12. The Balaban J connectivity index is 2.32. The molecule has 18 heavy (non-hydrogen) atoms. The summed E-state index contributed by atoms with van der Waals surface area (Å²) in [5, 5.41) is 0. The fraction of sp³-hybridized carbons (Fsp3) is 0.500. The summed E-state index contributed by atoms with van der Waals surface area (Å²) in [6, 6.07) is 0. The van der Waals surface area contributed by atoms with Gasteiger partial charge in [-0.2, -0.15) is 0 Å². The van der Waals surface area contributed by atoms with Crippen LogP contribution in [-0.2, 0) is 0 Å². The van der Waals surface area contributed by atoms with Gasteiger partial charge in [0, 0.05) is 26.0 Å². The Labute approximate surface area is 107 Å². The summed E-state index contributed by atoms with van der Waals surface area (Å²) in [7, 11) is 2.03. The van der Waals surface area contributed by atoms with Crippen LogP contribution in [0.15, 0.2) is 18.6 Å². The number of nitrogens with one attached hydrogen (secondary N) is 1. The number of rotatable bonds is 5. The van der Waals surface area contributed by atoms with E-state index in [1.54, 1.807) is 6.20 Å². The maximum atomic E-state index is 5.44. The lowest BCUT2D eigenvalue weighted by atomic mass is 10.1.